The number of H-pyrrole nitrogens is 1. The summed E-state index contributed by atoms with van der Waals surface area (Å²) >= 11 is 0. The molecule has 1 amide bonds. The molecule has 2 rings (SSSR count). The molecule has 112 valence electrons. The van der Waals surface area contributed by atoms with Crippen molar-refractivity contribution < 1.29 is 9.90 Å². The Morgan fingerprint density at radius 1 is 1.29 bits per heavy atom. The third-order valence-electron chi connectivity index (χ3n) is 3.57. The second-order valence-corrected chi connectivity index (χ2v) is 5.32. The number of hydrogen-bond donors (Lipinski definition) is 3. The molecule has 0 fully saturated rings. The Balaban J connectivity index is 1.88. The highest BCUT2D eigenvalue weighted by molar-refractivity contribution is 5.79. The van der Waals surface area contributed by atoms with Gasteiger partial charge in [-0.15, -0.1) is 0 Å². The van der Waals surface area contributed by atoms with E-state index in [1.807, 2.05) is 45.0 Å². The van der Waals surface area contributed by atoms with Crippen LogP contribution in [0.25, 0.3) is 0 Å². The molecule has 3 N–H and O–H groups in total. The second kappa shape index (κ2) is 6.54. The summed E-state index contributed by atoms with van der Waals surface area (Å²) < 4.78 is 0. The fraction of sp³-hybridized carbons (Fsp3) is 0.375. The van der Waals surface area contributed by atoms with E-state index in [0.717, 1.165) is 28.1 Å². The van der Waals surface area contributed by atoms with Crippen molar-refractivity contribution in [3.63, 3.8) is 0 Å². The zero-order valence-electron chi connectivity index (χ0n) is 12.6. The first-order valence-electron chi connectivity index (χ1n) is 6.99. The third-order valence-corrected chi connectivity index (χ3v) is 3.57. The van der Waals surface area contributed by atoms with Crippen molar-refractivity contribution in [3.8, 4) is 0 Å². The summed E-state index contributed by atoms with van der Waals surface area (Å²) in [5.41, 5.74) is 4.60. The summed E-state index contributed by atoms with van der Waals surface area (Å²) in [6, 6.07) is 7.63. The molecule has 0 aliphatic carbocycles. The van der Waals surface area contributed by atoms with Crippen LogP contribution in [0.15, 0.2) is 24.3 Å². The van der Waals surface area contributed by atoms with Gasteiger partial charge < -0.3 is 10.4 Å². The number of carbonyl (C=O) groups is 1. The fourth-order valence-corrected chi connectivity index (χ4v) is 2.17. The highest BCUT2D eigenvalue weighted by atomic mass is 16.3. The first-order chi connectivity index (χ1) is 9.97. The smallest absolute Gasteiger partial charge is 0.224 e. The number of aliphatic hydroxyl groups excluding tert-OH is 1. The minimum atomic E-state index is -0.693. The van der Waals surface area contributed by atoms with Crippen molar-refractivity contribution in [2.45, 2.75) is 33.3 Å². The number of aromatic amines is 1. The second-order valence-electron chi connectivity index (χ2n) is 5.32. The number of benzene rings is 1. The van der Waals surface area contributed by atoms with Gasteiger partial charge in [0.2, 0.25) is 5.91 Å². The van der Waals surface area contributed by atoms with Crippen LogP contribution in [0.3, 0.4) is 0 Å². The van der Waals surface area contributed by atoms with Crippen molar-refractivity contribution in [2.75, 3.05) is 6.54 Å². The van der Waals surface area contributed by atoms with Crippen molar-refractivity contribution in [1.29, 1.82) is 0 Å². The van der Waals surface area contributed by atoms with E-state index in [9.17, 15) is 9.90 Å². The number of aliphatic hydroxyl groups is 1. The first kappa shape index (κ1) is 15.3. The van der Waals surface area contributed by atoms with Gasteiger partial charge in [-0.3, -0.25) is 9.89 Å². The summed E-state index contributed by atoms with van der Waals surface area (Å²) in [6.07, 6.45) is -0.421. The van der Waals surface area contributed by atoms with Crippen molar-refractivity contribution >= 4 is 5.91 Å². The summed E-state index contributed by atoms with van der Waals surface area (Å²) in [4.78, 5) is 11.9. The van der Waals surface area contributed by atoms with E-state index in [-0.39, 0.29) is 18.9 Å². The lowest BCUT2D eigenvalue weighted by Gasteiger charge is -2.12. The first-order valence-corrected chi connectivity index (χ1v) is 6.99. The molecule has 0 aliphatic heterocycles. The van der Waals surface area contributed by atoms with Gasteiger partial charge in [0.25, 0.3) is 0 Å². The normalized spacial score (nSPS) is 12.2. The van der Waals surface area contributed by atoms with Crippen LogP contribution >= 0.6 is 0 Å². The molecule has 0 radical (unpaired) electrons. The maximum Gasteiger partial charge on any atom is 0.224 e. The Morgan fingerprint density at radius 3 is 2.52 bits per heavy atom. The molecular formula is C16H21N3O2. The zero-order valence-corrected chi connectivity index (χ0v) is 12.6. The summed E-state index contributed by atoms with van der Waals surface area (Å²) in [6.45, 7) is 5.96. The van der Waals surface area contributed by atoms with Gasteiger partial charge in [0, 0.05) is 17.8 Å². The van der Waals surface area contributed by atoms with Gasteiger partial charge in [0.15, 0.2) is 0 Å². The molecule has 0 bridgehead atoms. The monoisotopic (exact) mass is 287 g/mol. The van der Waals surface area contributed by atoms with Gasteiger partial charge in [0.05, 0.1) is 18.2 Å². The van der Waals surface area contributed by atoms with Gasteiger partial charge in [-0.1, -0.05) is 29.8 Å². The van der Waals surface area contributed by atoms with Gasteiger partial charge in [-0.25, -0.2) is 0 Å². The van der Waals surface area contributed by atoms with Gasteiger partial charge in [-0.05, 0) is 26.3 Å². The van der Waals surface area contributed by atoms with Crippen molar-refractivity contribution in [1.82, 2.24) is 15.5 Å². The van der Waals surface area contributed by atoms with E-state index >= 15 is 0 Å². The van der Waals surface area contributed by atoms with E-state index in [1.165, 1.54) is 0 Å². The quantitative estimate of drug-likeness (QED) is 0.783. The third kappa shape index (κ3) is 3.92. The lowest BCUT2D eigenvalue weighted by Crippen LogP contribution is -2.29. The highest BCUT2D eigenvalue weighted by Crippen LogP contribution is 2.13. The molecule has 21 heavy (non-hydrogen) atoms. The number of aromatic nitrogens is 2. The summed E-state index contributed by atoms with van der Waals surface area (Å²) in [7, 11) is 0. The molecule has 0 aliphatic rings. The van der Waals surface area contributed by atoms with E-state index in [1.54, 1.807) is 0 Å². The molecule has 1 atom stereocenters. The van der Waals surface area contributed by atoms with E-state index < -0.39 is 6.10 Å². The number of aryl methyl sites for hydroxylation is 3. The molecule has 0 saturated carbocycles. The predicted molar refractivity (Wildman–Crippen MR) is 80.9 cm³/mol. The Bertz CT molecular complexity index is 597. The minimum Gasteiger partial charge on any atom is -0.387 e. The molecule has 1 heterocycles. The predicted octanol–water partition coefficient (Wildman–Crippen LogP) is 1.73. The maximum absolute atomic E-state index is 11.9. The molecule has 5 heteroatoms. The molecule has 1 aromatic heterocycles. The molecular weight excluding hydrogens is 266 g/mol. The Labute approximate surface area is 124 Å². The number of amides is 1. The van der Waals surface area contributed by atoms with Crippen LogP contribution in [-0.2, 0) is 11.2 Å². The summed E-state index contributed by atoms with van der Waals surface area (Å²) in [5.74, 6) is -0.117. The van der Waals surface area contributed by atoms with Crippen LogP contribution in [0.5, 0.6) is 0 Å². The highest BCUT2D eigenvalue weighted by Gasteiger charge is 2.13. The Kier molecular flexibility index (Phi) is 4.75. The molecule has 1 aromatic carbocycles. The largest absolute Gasteiger partial charge is 0.387 e. The average Bonchev–Trinajstić information content (AvgIpc) is 2.77. The van der Waals surface area contributed by atoms with Gasteiger partial charge in [-0.2, -0.15) is 5.10 Å². The van der Waals surface area contributed by atoms with Crippen LogP contribution in [0.1, 0.15) is 34.2 Å². The van der Waals surface area contributed by atoms with Crippen LogP contribution in [0.2, 0.25) is 0 Å². The average molecular weight is 287 g/mol. The van der Waals surface area contributed by atoms with Gasteiger partial charge >= 0.3 is 0 Å². The topological polar surface area (TPSA) is 78.0 Å². The lowest BCUT2D eigenvalue weighted by molar-refractivity contribution is -0.120. The SMILES string of the molecule is Cc1ccc(C(O)CNC(=O)Cc2c(C)n[nH]c2C)cc1. The van der Waals surface area contributed by atoms with E-state index in [2.05, 4.69) is 15.5 Å². The van der Waals surface area contributed by atoms with Gasteiger partial charge in [0.1, 0.15) is 0 Å². The van der Waals surface area contributed by atoms with Crippen molar-refractivity contribution in [2.24, 2.45) is 0 Å². The standard InChI is InChI=1S/C16H21N3O2/c1-10-4-6-13(7-5-10)15(20)9-17-16(21)8-14-11(2)18-19-12(14)3/h4-7,15,20H,8-9H2,1-3H3,(H,17,21)(H,18,19). The Hall–Kier alpha value is -2.14. The number of hydrogen-bond acceptors (Lipinski definition) is 3. The van der Waals surface area contributed by atoms with Crippen LogP contribution in [0.4, 0.5) is 0 Å². The molecule has 5 nitrogen and oxygen atoms in total. The number of carbonyl (C=O) groups excluding carboxylic acids is 1. The molecule has 1 unspecified atom stereocenters. The Morgan fingerprint density at radius 2 is 1.95 bits per heavy atom. The van der Waals surface area contributed by atoms with E-state index in [0.29, 0.717) is 0 Å². The van der Waals surface area contributed by atoms with Crippen LogP contribution in [-0.4, -0.2) is 27.8 Å². The number of rotatable bonds is 5. The fourth-order valence-electron chi connectivity index (χ4n) is 2.17. The maximum atomic E-state index is 11.9. The molecule has 2 aromatic rings. The van der Waals surface area contributed by atoms with Crippen molar-refractivity contribution in [3.05, 3.63) is 52.3 Å². The summed E-state index contributed by atoms with van der Waals surface area (Å²) in [5, 5.41) is 19.7. The molecule has 0 saturated heterocycles. The lowest BCUT2D eigenvalue weighted by atomic mass is 10.1. The molecule has 0 spiro atoms. The van der Waals surface area contributed by atoms with E-state index in [4.69, 9.17) is 0 Å². The zero-order chi connectivity index (χ0) is 15.4. The van der Waals surface area contributed by atoms with Crippen LogP contribution < -0.4 is 5.32 Å². The number of nitrogens with zero attached hydrogens (tertiary/aromatic N) is 1. The minimum absolute atomic E-state index is 0.117. The van der Waals surface area contributed by atoms with Crippen LogP contribution in [0, 0.1) is 20.8 Å². The number of nitrogens with one attached hydrogen (secondary N) is 2.